The number of hydrogen-bond acceptors (Lipinski definition) is 9. The number of benzene rings is 2. The Balaban J connectivity index is 0.968. The van der Waals surface area contributed by atoms with E-state index in [1.807, 2.05) is 75.4 Å². The predicted molar refractivity (Wildman–Crippen MR) is 173 cm³/mol. The lowest BCUT2D eigenvalue weighted by molar-refractivity contribution is -0.0378. The van der Waals surface area contributed by atoms with E-state index in [9.17, 15) is 4.79 Å². The highest BCUT2D eigenvalue weighted by Crippen LogP contribution is 2.37. The second kappa shape index (κ2) is 12.1. The molecule has 2 N–H and O–H groups in total. The Bertz CT molecular complexity index is 1680. The van der Waals surface area contributed by atoms with E-state index in [0.717, 1.165) is 50.6 Å². The number of aromatic nitrogens is 4. The van der Waals surface area contributed by atoms with Crippen molar-refractivity contribution in [1.82, 2.24) is 34.4 Å². The number of amides is 1. The van der Waals surface area contributed by atoms with Gasteiger partial charge in [0.2, 0.25) is 0 Å². The Labute approximate surface area is 268 Å². The van der Waals surface area contributed by atoms with Crippen molar-refractivity contribution in [3.05, 3.63) is 60.9 Å². The van der Waals surface area contributed by atoms with Crippen LogP contribution in [-0.2, 0) is 4.74 Å². The number of ether oxygens (including phenoxy) is 2. The molecule has 242 valence electrons. The van der Waals surface area contributed by atoms with Gasteiger partial charge in [0.1, 0.15) is 41.1 Å². The standard InChI is InChI=1S/C34H41FN8O3/c1-34(2,3)46-33(44)42-16-22(17-42)15-40-18-24(19-40)41-14-13-28(27(35)20-41)43-32-29(31(36)37-21-38-32)30(39-43)23-9-11-26(12-10-23)45-25-7-5-4-6-8-25/h4-12,21-22,24,27-28H,13-20H2,1-3H3,(H2,36,37,38)/t27-,28?/m0/s1. The molecule has 5 heterocycles. The molecule has 11 nitrogen and oxygen atoms in total. The zero-order valence-corrected chi connectivity index (χ0v) is 26.6. The van der Waals surface area contributed by atoms with Crippen molar-refractivity contribution in [2.24, 2.45) is 5.92 Å². The van der Waals surface area contributed by atoms with Crippen LogP contribution >= 0.6 is 0 Å². The molecule has 0 spiro atoms. The van der Waals surface area contributed by atoms with E-state index in [-0.39, 0.29) is 6.09 Å². The van der Waals surface area contributed by atoms with E-state index < -0.39 is 17.8 Å². The van der Waals surface area contributed by atoms with Crippen LogP contribution in [-0.4, -0.2) is 104 Å². The fraction of sp³-hybridized carbons (Fsp3) is 0.471. The number of anilines is 1. The number of nitrogen functional groups attached to an aromatic ring is 1. The summed E-state index contributed by atoms with van der Waals surface area (Å²) in [5.41, 5.74) is 7.86. The molecule has 2 atom stereocenters. The molecule has 3 saturated heterocycles. The topological polar surface area (TPSA) is 115 Å². The minimum Gasteiger partial charge on any atom is -0.457 e. The molecule has 2 aromatic carbocycles. The summed E-state index contributed by atoms with van der Waals surface area (Å²) in [6.45, 7) is 11.0. The first-order valence-corrected chi connectivity index (χ1v) is 16.0. The zero-order chi connectivity index (χ0) is 32.0. The van der Waals surface area contributed by atoms with Crippen molar-refractivity contribution in [3.8, 4) is 22.8 Å². The van der Waals surface area contributed by atoms with Gasteiger partial charge in [-0.25, -0.2) is 23.8 Å². The monoisotopic (exact) mass is 628 g/mol. The number of fused-ring (bicyclic) bond motifs is 1. The highest BCUT2D eigenvalue weighted by molar-refractivity contribution is 5.98. The van der Waals surface area contributed by atoms with Gasteiger partial charge in [0.05, 0.1) is 11.4 Å². The van der Waals surface area contributed by atoms with Gasteiger partial charge < -0.3 is 20.1 Å². The number of halogens is 1. The van der Waals surface area contributed by atoms with Crippen LogP contribution in [0.15, 0.2) is 60.9 Å². The lowest BCUT2D eigenvalue weighted by atomic mass is 9.95. The summed E-state index contributed by atoms with van der Waals surface area (Å²) in [7, 11) is 0. The van der Waals surface area contributed by atoms with Crippen molar-refractivity contribution >= 4 is 22.9 Å². The highest BCUT2D eigenvalue weighted by atomic mass is 19.1. The van der Waals surface area contributed by atoms with Crippen molar-refractivity contribution in [2.75, 3.05) is 51.5 Å². The highest BCUT2D eigenvalue weighted by Gasteiger charge is 2.42. The van der Waals surface area contributed by atoms with Crippen LogP contribution in [0.2, 0.25) is 0 Å². The molecular weight excluding hydrogens is 587 g/mol. The third-order valence-electron chi connectivity index (χ3n) is 9.06. The Morgan fingerprint density at radius 2 is 1.70 bits per heavy atom. The molecule has 0 saturated carbocycles. The summed E-state index contributed by atoms with van der Waals surface area (Å²) in [6, 6.07) is 17.1. The molecular formula is C34H41FN8O3. The van der Waals surface area contributed by atoms with Crippen molar-refractivity contribution < 1.29 is 18.7 Å². The number of carbonyl (C=O) groups is 1. The normalized spacial score (nSPS) is 21.6. The van der Waals surface area contributed by atoms with Crippen LogP contribution in [0, 0.1) is 5.92 Å². The fourth-order valence-electron chi connectivity index (χ4n) is 6.71. The molecule has 1 unspecified atom stereocenters. The Hall–Kier alpha value is -4.29. The summed E-state index contributed by atoms with van der Waals surface area (Å²) >= 11 is 0. The fourth-order valence-corrected chi connectivity index (χ4v) is 6.71. The van der Waals surface area contributed by atoms with E-state index in [2.05, 4.69) is 19.8 Å². The van der Waals surface area contributed by atoms with E-state index in [4.69, 9.17) is 20.3 Å². The first-order valence-electron chi connectivity index (χ1n) is 16.0. The van der Waals surface area contributed by atoms with Gasteiger partial charge in [-0.05, 0) is 63.6 Å². The third-order valence-corrected chi connectivity index (χ3v) is 9.06. The smallest absolute Gasteiger partial charge is 0.410 e. The molecule has 7 rings (SSSR count). The number of likely N-dealkylation sites (tertiary alicyclic amines) is 3. The van der Waals surface area contributed by atoms with E-state index in [1.165, 1.54) is 6.33 Å². The predicted octanol–water partition coefficient (Wildman–Crippen LogP) is 5.00. The number of rotatable bonds is 7. The molecule has 0 bridgehead atoms. The summed E-state index contributed by atoms with van der Waals surface area (Å²) in [5.74, 6) is 2.23. The van der Waals surface area contributed by atoms with E-state index >= 15 is 4.39 Å². The van der Waals surface area contributed by atoms with Gasteiger partial charge in [0, 0.05) is 63.3 Å². The molecule has 0 radical (unpaired) electrons. The molecule has 1 amide bonds. The number of alkyl halides is 1. The Morgan fingerprint density at radius 1 is 0.978 bits per heavy atom. The molecule has 3 aliphatic heterocycles. The number of nitrogens with zero attached hydrogens (tertiary/aromatic N) is 7. The van der Waals surface area contributed by atoms with Gasteiger partial charge in [-0.15, -0.1) is 0 Å². The lowest BCUT2D eigenvalue weighted by Crippen LogP contribution is -2.64. The van der Waals surface area contributed by atoms with Crippen LogP contribution in [0.1, 0.15) is 33.2 Å². The zero-order valence-electron chi connectivity index (χ0n) is 26.6. The molecule has 46 heavy (non-hydrogen) atoms. The number of hydrogen-bond donors (Lipinski definition) is 1. The SMILES string of the molecule is CC(C)(C)OC(=O)N1CC(CN2CC(N3CCC(n4nc(-c5ccc(Oc6ccccc6)cc5)c5c(N)ncnc54)[C@@H](F)C3)C2)C1. The summed E-state index contributed by atoms with van der Waals surface area (Å²) in [4.78, 5) is 27.4. The van der Waals surface area contributed by atoms with Crippen LogP contribution in [0.4, 0.5) is 15.0 Å². The summed E-state index contributed by atoms with van der Waals surface area (Å²) < 4.78 is 29.1. The van der Waals surface area contributed by atoms with Crippen LogP contribution in [0.5, 0.6) is 11.5 Å². The maximum atomic E-state index is 16.0. The van der Waals surface area contributed by atoms with Crippen LogP contribution in [0.25, 0.3) is 22.3 Å². The maximum Gasteiger partial charge on any atom is 0.410 e. The number of carbonyl (C=O) groups excluding carboxylic acids is 1. The second-order valence-electron chi connectivity index (χ2n) is 13.7. The largest absolute Gasteiger partial charge is 0.457 e. The quantitative estimate of drug-likeness (QED) is 0.302. The average Bonchev–Trinajstić information content (AvgIpc) is 3.36. The number of piperidine rings is 1. The Morgan fingerprint density at radius 3 is 2.39 bits per heavy atom. The lowest BCUT2D eigenvalue weighted by Gasteiger charge is -2.50. The molecule has 12 heteroatoms. The van der Waals surface area contributed by atoms with Gasteiger partial charge in [-0.1, -0.05) is 18.2 Å². The van der Waals surface area contributed by atoms with Gasteiger partial charge in [-0.2, -0.15) is 5.10 Å². The first kappa shape index (κ1) is 30.4. The molecule has 2 aromatic heterocycles. The van der Waals surface area contributed by atoms with Crippen LogP contribution in [0.3, 0.4) is 0 Å². The van der Waals surface area contributed by atoms with Crippen molar-refractivity contribution in [1.29, 1.82) is 0 Å². The second-order valence-corrected chi connectivity index (χ2v) is 13.7. The minimum absolute atomic E-state index is 0.236. The molecule has 3 aliphatic rings. The van der Waals surface area contributed by atoms with Crippen molar-refractivity contribution in [3.63, 3.8) is 0 Å². The van der Waals surface area contributed by atoms with E-state index in [0.29, 0.717) is 53.2 Å². The first-order chi connectivity index (χ1) is 22.1. The summed E-state index contributed by atoms with van der Waals surface area (Å²) in [5, 5.41) is 5.53. The van der Waals surface area contributed by atoms with Gasteiger partial charge in [-0.3, -0.25) is 9.80 Å². The minimum atomic E-state index is -1.11. The van der Waals surface area contributed by atoms with Crippen molar-refractivity contribution in [2.45, 2.75) is 51.0 Å². The van der Waals surface area contributed by atoms with E-state index in [1.54, 1.807) is 9.58 Å². The van der Waals surface area contributed by atoms with Gasteiger partial charge in [0.15, 0.2) is 5.65 Å². The molecule has 4 aromatic rings. The average molecular weight is 629 g/mol. The van der Waals surface area contributed by atoms with Gasteiger partial charge in [0.25, 0.3) is 0 Å². The van der Waals surface area contributed by atoms with Gasteiger partial charge >= 0.3 is 6.09 Å². The third kappa shape index (κ3) is 6.23. The molecule has 3 fully saturated rings. The van der Waals surface area contributed by atoms with Crippen LogP contribution < -0.4 is 10.5 Å². The number of nitrogens with two attached hydrogens (primary N) is 1. The number of para-hydroxylation sites is 1. The maximum absolute atomic E-state index is 16.0. The Kier molecular flexibility index (Phi) is 8.02. The summed E-state index contributed by atoms with van der Waals surface area (Å²) in [6.07, 6.45) is 0.691. The molecule has 0 aliphatic carbocycles.